The molecule has 0 saturated heterocycles. The van der Waals surface area contributed by atoms with Crippen molar-refractivity contribution >= 4 is 5.91 Å². The predicted octanol–water partition coefficient (Wildman–Crippen LogP) is 2.81. The Morgan fingerprint density at radius 1 is 1.07 bits per heavy atom. The van der Waals surface area contributed by atoms with Crippen molar-refractivity contribution in [3.63, 3.8) is 0 Å². The molecule has 0 aliphatic carbocycles. The van der Waals surface area contributed by atoms with Gasteiger partial charge in [0.15, 0.2) is 18.1 Å². The highest BCUT2D eigenvalue weighted by molar-refractivity contribution is 5.77. The molecule has 0 fully saturated rings. The molecule has 0 bridgehead atoms. The fraction of sp³-hybridized carbons (Fsp3) is 0.381. The first kappa shape index (κ1) is 20.6. The summed E-state index contributed by atoms with van der Waals surface area (Å²) in [5.74, 6) is 1.77. The maximum absolute atomic E-state index is 12.2. The van der Waals surface area contributed by atoms with Crippen LogP contribution in [-0.4, -0.2) is 52.3 Å². The predicted molar refractivity (Wildman–Crippen MR) is 106 cm³/mol. The van der Waals surface area contributed by atoms with Gasteiger partial charge >= 0.3 is 0 Å². The van der Waals surface area contributed by atoms with Gasteiger partial charge in [0.25, 0.3) is 5.91 Å². The minimum atomic E-state index is -0.188. The van der Waals surface area contributed by atoms with E-state index in [0.29, 0.717) is 18.0 Å². The molecule has 1 unspecified atom stereocenters. The summed E-state index contributed by atoms with van der Waals surface area (Å²) in [6.07, 6.45) is 0. The molecule has 0 radical (unpaired) electrons. The van der Waals surface area contributed by atoms with Crippen LogP contribution in [0.5, 0.6) is 17.2 Å². The molecule has 2 rings (SSSR count). The Bertz CT molecular complexity index is 762. The van der Waals surface area contributed by atoms with Crippen LogP contribution in [0.3, 0.4) is 0 Å². The molecule has 0 heterocycles. The van der Waals surface area contributed by atoms with Crippen molar-refractivity contribution < 1.29 is 19.0 Å². The number of amides is 1. The summed E-state index contributed by atoms with van der Waals surface area (Å²) in [5.41, 5.74) is 2.14. The van der Waals surface area contributed by atoms with Crippen molar-refractivity contribution in [2.75, 3.05) is 41.5 Å². The average Bonchev–Trinajstić information content (AvgIpc) is 2.66. The quantitative estimate of drug-likeness (QED) is 0.733. The normalized spacial score (nSPS) is 11.8. The summed E-state index contributed by atoms with van der Waals surface area (Å²) >= 11 is 0. The lowest BCUT2D eigenvalue weighted by Gasteiger charge is -2.25. The number of hydrogen-bond acceptors (Lipinski definition) is 5. The molecular formula is C21H28N2O4. The van der Waals surface area contributed by atoms with Crippen molar-refractivity contribution in [3.05, 3.63) is 53.6 Å². The van der Waals surface area contributed by atoms with E-state index in [9.17, 15) is 4.79 Å². The number of nitrogens with zero attached hydrogens (tertiary/aromatic N) is 1. The Labute approximate surface area is 161 Å². The first-order chi connectivity index (χ1) is 12.9. The minimum absolute atomic E-state index is 0.0259. The lowest BCUT2D eigenvalue weighted by atomic mass is 10.1. The molecule has 27 heavy (non-hydrogen) atoms. The second-order valence-corrected chi connectivity index (χ2v) is 6.50. The third-order valence-corrected chi connectivity index (χ3v) is 4.27. The van der Waals surface area contributed by atoms with Crippen LogP contribution in [0.25, 0.3) is 0 Å². The monoisotopic (exact) mass is 372 g/mol. The second kappa shape index (κ2) is 9.83. The van der Waals surface area contributed by atoms with Gasteiger partial charge in [-0.15, -0.1) is 0 Å². The standard InChI is InChI=1S/C21H28N2O4/c1-15-9-10-19(20(11-15)26-5)27-14-21(24)22-13-18(23(2)3)16-7-6-8-17(12-16)25-4/h6-12,18H,13-14H2,1-5H3,(H,22,24). The molecule has 1 N–H and O–H groups in total. The van der Waals surface area contributed by atoms with Gasteiger partial charge in [-0.25, -0.2) is 0 Å². The smallest absolute Gasteiger partial charge is 0.258 e. The second-order valence-electron chi connectivity index (χ2n) is 6.50. The number of aryl methyl sites for hydroxylation is 1. The van der Waals surface area contributed by atoms with Crippen LogP contribution in [0.15, 0.2) is 42.5 Å². The van der Waals surface area contributed by atoms with Crippen LogP contribution in [0.1, 0.15) is 17.2 Å². The van der Waals surface area contributed by atoms with Gasteiger partial charge in [0.2, 0.25) is 0 Å². The molecular weight excluding hydrogens is 344 g/mol. The van der Waals surface area contributed by atoms with E-state index >= 15 is 0 Å². The molecule has 2 aromatic carbocycles. The summed E-state index contributed by atoms with van der Waals surface area (Å²) in [4.78, 5) is 14.3. The van der Waals surface area contributed by atoms with E-state index < -0.39 is 0 Å². The Hall–Kier alpha value is -2.73. The molecule has 2 aromatic rings. The van der Waals surface area contributed by atoms with Gasteiger partial charge < -0.3 is 24.4 Å². The van der Waals surface area contributed by atoms with Crippen molar-refractivity contribution in [2.24, 2.45) is 0 Å². The number of ether oxygens (including phenoxy) is 3. The van der Waals surface area contributed by atoms with Crippen molar-refractivity contribution in [1.82, 2.24) is 10.2 Å². The van der Waals surface area contributed by atoms with Gasteiger partial charge in [0, 0.05) is 6.54 Å². The molecule has 1 amide bonds. The molecule has 0 aliphatic heterocycles. The zero-order valence-electron chi connectivity index (χ0n) is 16.6. The van der Waals surface area contributed by atoms with E-state index in [1.807, 2.05) is 57.4 Å². The summed E-state index contributed by atoms with van der Waals surface area (Å²) in [7, 11) is 7.17. The third kappa shape index (κ3) is 5.89. The van der Waals surface area contributed by atoms with Gasteiger partial charge in [-0.1, -0.05) is 18.2 Å². The Kier molecular flexibility index (Phi) is 7.49. The number of nitrogens with one attached hydrogen (secondary N) is 1. The van der Waals surface area contributed by atoms with E-state index in [-0.39, 0.29) is 18.6 Å². The molecule has 146 valence electrons. The van der Waals surface area contributed by atoms with Crippen molar-refractivity contribution in [1.29, 1.82) is 0 Å². The fourth-order valence-electron chi connectivity index (χ4n) is 2.75. The highest BCUT2D eigenvalue weighted by Crippen LogP contribution is 2.27. The topological polar surface area (TPSA) is 60.0 Å². The SMILES string of the molecule is COc1cccc(C(CNC(=O)COc2ccc(C)cc2OC)N(C)C)c1. The van der Waals surface area contributed by atoms with E-state index in [1.54, 1.807) is 20.3 Å². The number of carbonyl (C=O) groups excluding carboxylic acids is 1. The summed E-state index contributed by atoms with van der Waals surface area (Å²) < 4.78 is 16.2. The van der Waals surface area contributed by atoms with Gasteiger partial charge in [-0.3, -0.25) is 4.79 Å². The summed E-state index contributed by atoms with van der Waals surface area (Å²) in [5, 5.41) is 2.93. The average molecular weight is 372 g/mol. The molecule has 0 saturated carbocycles. The highest BCUT2D eigenvalue weighted by Gasteiger charge is 2.16. The molecule has 6 heteroatoms. The van der Waals surface area contributed by atoms with Gasteiger partial charge in [0.05, 0.1) is 20.3 Å². The lowest BCUT2D eigenvalue weighted by Crippen LogP contribution is -2.36. The van der Waals surface area contributed by atoms with Crippen LogP contribution in [0, 0.1) is 6.92 Å². The van der Waals surface area contributed by atoms with Crippen molar-refractivity contribution in [2.45, 2.75) is 13.0 Å². The van der Waals surface area contributed by atoms with E-state index in [1.165, 1.54) is 0 Å². The molecule has 1 atom stereocenters. The van der Waals surface area contributed by atoms with E-state index in [4.69, 9.17) is 14.2 Å². The van der Waals surface area contributed by atoms with Crippen LogP contribution in [0.2, 0.25) is 0 Å². The number of methoxy groups -OCH3 is 2. The van der Waals surface area contributed by atoms with Crippen LogP contribution >= 0.6 is 0 Å². The zero-order chi connectivity index (χ0) is 19.8. The highest BCUT2D eigenvalue weighted by atomic mass is 16.5. The summed E-state index contributed by atoms with van der Waals surface area (Å²) in [6.45, 7) is 2.37. The van der Waals surface area contributed by atoms with Crippen LogP contribution in [0.4, 0.5) is 0 Å². The largest absolute Gasteiger partial charge is 0.497 e. The van der Waals surface area contributed by atoms with Crippen LogP contribution < -0.4 is 19.5 Å². The number of rotatable bonds is 9. The lowest BCUT2D eigenvalue weighted by molar-refractivity contribution is -0.123. The zero-order valence-corrected chi connectivity index (χ0v) is 16.6. The number of hydrogen-bond donors (Lipinski definition) is 1. The van der Waals surface area contributed by atoms with Gasteiger partial charge in [0.1, 0.15) is 5.75 Å². The Morgan fingerprint density at radius 3 is 2.52 bits per heavy atom. The van der Waals surface area contributed by atoms with Crippen molar-refractivity contribution in [3.8, 4) is 17.2 Å². The van der Waals surface area contributed by atoms with E-state index in [0.717, 1.165) is 16.9 Å². The van der Waals surface area contributed by atoms with Crippen LogP contribution in [-0.2, 0) is 4.79 Å². The maximum atomic E-state index is 12.2. The number of carbonyl (C=O) groups is 1. The minimum Gasteiger partial charge on any atom is -0.497 e. The molecule has 0 aromatic heterocycles. The first-order valence-electron chi connectivity index (χ1n) is 8.79. The van der Waals surface area contributed by atoms with Gasteiger partial charge in [-0.05, 0) is 56.4 Å². The number of likely N-dealkylation sites (N-methyl/N-ethyl adjacent to an activating group) is 1. The molecule has 6 nitrogen and oxygen atoms in total. The Morgan fingerprint density at radius 2 is 1.85 bits per heavy atom. The molecule has 0 aliphatic rings. The third-order valence-electron chi connectivity index (χ3n) is 4.27. The summed E-state index contributed by atoms with van der Waals surface area (Å²) in [6, 6.07) is 13.5. The molecule has 0 spiro atoms. The fourth-order valence-corrected chi connectivity index (χ4v) is 2.75. The first-order valence-corrected chi connectivity index (χ1v) is 8.79. The number of benzene rings is 2. The Balaban J connectivity index is 1.94. The van der Waals surface area contributed by atoms with Gasteiger partial charge in [-0.2, -0.15) is 0 Å². The van der Waals surface area contributed by atoms with E-state index in [2.05, 4.69) is 10.2 Å². The maximum Gasteiger partial charge on any atom is 0.258 e.